The Bertz CT molecular complexity index is 693. The number of fused-ring (bicyclic) bond motifs is 1. The van der Waals surface area contributed by atoms with Crippen LogP contribution in [0.3, 0.4) is 0 Å². The average Bonchev–Trinajstić information content (AvgIpc) is 2.89. The summed E-state index contributed by atoms with van der Waals surface area (Å²) in [5.74, 6) is -0.134. The molecule has 4 heteroatoms. The maximum absolute atomic E-state index is 11.1. The second-order valence-electron chi connectivity index (χ2n) is 7.09. The summed E-state index contributed by atoms with van der Waals surface area (Å²) < 4.78 is 2.09. The predicted molar refractivity (Wildman–Crippen MR) is 85.8 cm³/mol. The van der Waals surface area contributed by atoms with Crippen molar-refractivity contribution in [2.75, 3.05) is 0 Å². The number of imidazole rings is 1. The number of rotatable bonds is 2. The first-order valence-electron chi connectivity index (χ1n) is 7.74. The maximum Gasteiger partial charge on any atom is 0.307 e. The van der Waals surface area contributed by atoms with Crippen LogP contribution in [0.4, 0.5) is 0 Å². The Morgan fingerprint density at radius 3 is 2.55 bits per heavy atom. The van der Waals surface area contributed by atoms with Gasteiger partial charge in [0.1, 0.15) is 5.82 Å². The molecule has 1 aliphatic rings. The summed E-state index contributed by atoms with van der Waals surface area (Å²) in [6.07, 6.45) is 3.25. The number of aryl methyl sites for hydroxylation is 1. The van der Waals surface area contributed by atoms with Gasteiger partial charge in [-0.1, -0.05) is 45.0 Å². The van der Waals surface area contributed by atoms with Crippen molar-refractivity contribution in [2.45, 2.75) is 45.6 Å². The van der Waals surface area contributed by atoms with Gasteiger partial charge in [-0.05, 0) is 17.4 Å². The summed E-state index contributed by atoms with van der Waals surface area (Å²) in [7, 11) is 0. The van der Waals surface area contributed by atoms with Gasteiger partial charge in [0.2, 0.25) is 0 Å². The number of nitrogens with zero attached hydrogens (tertiary/aromatic N) is 2. The average molecular weight is 298 g/mol. The smallest absolute Gasteiger partial charge is 0.307 e. The number of carbonyl (C=O) groups is 1. The third kappa shape index (κ3) is 2.78. The van der Waals surface area contributed by atoms with Crippen molar-refractivity contribution in [3.8, 4) is 11.3 Å². The summed E-state index contributed by atoms with van der Waals surface area (Å²) in [6, 6.07) is 8.49. The number of hydrogen-bond acceptors (Lipinski definition) is 2. The molecule has 1 aliphatic heterocycles. The number of benzene rings is 1. The quantitative estimate of drug-likeness (QED) is 0.923. The summed E-state index contributed by atoms with van der Waals surface area (Å²) in [5.41, 5.74) is 3.45. The largest absolute Gasteiger partial charge is 0.481 e. The molecular formula is C18H22N2O2. The van der Waals surface area contributed by atoms with Gasteiger partial charge in [0.15, 0.2) is 0 Å². The van der Waals surface area contributed by atoms with E-state index in [2.05, 4.69) is 54.6 Å². The van der Waals surface area contributed by atoms with Gasteiger partial charge in [0.05, 0.1) is 11.6 Å². The van der Waals surface area contributed by atoms with E-state index < -0.39 is 5.97 Å². The van der Waals surface area contributed by atoms with Crippen molar-refractivity contribution < 1.29 is 9.90 Å². The van der Waals surface area contributed by atoms with Gasteiger partial charge in [-0.3, -0.25) is 4.79 Å². The fraction of sp³-hybridized carbons (Fsp3) is 0.444. The van der Waals surface area contributed by atoms with Crippen LogP contribution in [0.1, 0.15) is 38.6 Å². The number of aliphatic carboxylic acids is 1. The summed E-state index contributed by atoms with van der Waals surface area (Å²) in [5, 5.41) is 9.16. The first-order valence-corrected chi connectivity index (χ1v) is 7.74. The summed E-state index contributed by atoms with van der Waals surface area (Å²) >= 11 is 0. The van der Waals surface area contributed by atoms with Crippen LogP contribution in [0.15, 0.2) is 30.5 Å². The van der Waals surface area contributed by atoms with Crippen LogP contribution in [0, 0.1) is 5.92 Å². The molecule has 3 rings (SSSR count). The molecule has 1 N–H and O–H groups in total. The molecule has 0 saturated heterocycles. The van der Waals surface area contributed by atoms with E-state index in [1.165, 1.54) is 5.56 Å². The van der Waals surface area contributed by atoms with Crippen molar-refractivity contribution in [1.29, 1.82) is 0 Å². The monoisotopic (exact) mass is 298 g/mol. The van der Waals surface area contributed by atoms with Gasteiger partial charge in [-0.25, -0.2) is 4.98 Å². The Kier molecular flexibility index (Phi) is 3.55. The Morgan fingerprint density at radius 2 is 1.95 bits per heavy atom. The van der Waals surface area contributed by atoms with Gasteiger partial charge in [-0.2, -0.15) is 0 Å². The molecule has 0 fully saturated rings. The second kappa shape index (κ2) is 5.27. The highest BCUT2D eigenvalue weighted by atomic mass is 16.4. The van der Waals surface area contributed by atoms with Crippen molar-refractivity contribution in [3.05, 3.63) is 41.9 Å². The van der Waals surface area contributed by atoms with E-state index in [1.54, 1.807) is 0 Å². The minimum Gasteiger partial charge on any atom is -0.481 e. The van der Waals surface area contributed by atoms with Gasteiger partial charge < -0.3 is 9.67 Å². The molecule has 0 saturated carbocycles. The molecule has 22 heavy (non-hydrogen) atoms. The fourth-order valence-corrected chi connectivity index (χ4v) is 2.92. The lowest BCUT2D eigenvalue weighted by Crippen LogP contribution is -2.25. The highest BCUT2D eigenvalue weighted by Crippen LogP contribution is 2.28. The minimum absolute atomic E-state index is 0.140. The zero-order valence-electron chi connectivity index (χ0n) is 13.3. The van der Waals surface area contributed by atoms with Crippen LogP contribution < -0.4 is 0 Å². The highest BCUT2D eigenvalue weighted by molar-refractivity contribution is 5.70. The van der Waals surface area contributed by atoms with Crippen LogP contribution in [0.25, 0.3) is 11.3 Å². The lowest BCUT2D eigenvalue weighted by molar-refractivity contribution is -0.142. The first-order chi connectivity index (χ1) is 10.3. The Balaban J connectivity index is 1.87. The second-order valence-corrected chi connectivity index (χ2v) is 7.09. The van der Waals surface area contributed by atoms with E-state index in [1.807, 2.05) is 6.20 Å². The predicted octanol–water partition coefficient (Wildman–Crippen LogP) is 3.49. The Labute approximate surface area is 130 Å². The fourth-order valence-electron chi connectivity index (χ4n) is 2.92. The van der Waals surface area contributed by atoms with E-state index in [9.17, 15) is 4.79 Å². The maximum atomic E-state index is 11.1. The van der Waals surface area contributed by atoms with Crippen LogP contribution in [-0.2, 0) is 23.2 Å². The standard InChI is InChI=1S/C18H22N2O2/c1-18(2,3)14-6-4-12(5-7-14)15-11-20-9-8-13(17(21)22)10-16(20)19-15/h4-7,11,13H,8-10H2,1-3H3,(H,21,22). The van der Waals surface area contributed by atoms with Crippen molar-refractivity contribution >= 4 is 5.97 Å². The molecule has 2 heterocycles. The van der Waals surface area contributed by atoms with Crippen LogP contribution in [0.2, 0.25) is 0 Å². The zero-order valence-corrected chi connectivity index (χ0v) is 13.3. The van der Waals surface area contributed by atoms with E-state index in [0.717, 1.165) is 23.6 Å². The molecule has 0 amide bonds. The van der Waals surface area contributed by atoms with Crippen molar-refractivity contribution in [3.63, 3.8) is 0 Å². The van der Waals surface area contributed by atoms with E-state index >= 15 is 0 Å². The molecule has 1 atom stereocenters. The topological polar surface area (TPSA) is 55.1 Å². The van der Waals surface area contributed by atoms with Gasteiger partial charge in [0.25, 0.3) is 0 Å². The van der Waals surface area contributed by atoms with Crippen molar-refractivity contribution in [1.82, 2.24) is 9.55 Å². The molecule has 0 radical (unpaired) electrons. The molecule has 1 unspecified atom stereocenters. The molecule has 116 valence electrons. The van der Waals surface area contributed by atoms with Gasteiger partial charge >= 0.3 is 5.97 Å². The Hall–Kier alpha value is -2.10. The highest BCUT2D eigenvalue weighted by Gasteiger charge is 2.26. The molecule has 0 aliphatic carbocycles. The molecule has 1 aromatic carbocycles. The number of aromatic nitrogens is 2. The third-order valence-corrected chi connectivity index (χ3v) is 4.40. The number of carboxylic acid groups (broad SMARTS) is 1. The summed E-state index contributed by atoms with van der Waals surface area (Å²) in [4.78, 5) is 15.8. The van der Waals surface area contributed by atoms with Gasteiger partial charge in [-0.15, -0.1) is 0 Å². The van der Waals surface area contributed by atoms with E-state index in [-0.39, 0.29) is 11.3 Å². The minimum atomic E-state index is -0.717. The van der Waals surface area contributed by atoms with Crippen LogP contribution >= 0.6 is 0 Å². The molecule has 0 spiro atoms. The normalized spacial score (nSPS) is 18.0. The molecule has 0 bridgehead atoms. The lowest BCUT2D eigenvalue weighted by Gasteiger charge is -2.19. The van der Waals surface area contributed by atoms with Gasteiger partial charge in [0, 0.05) is 24.7 Å². The zero-order chi connectivity index (χ0) is 15.9. The number of carboxylic acids is 1. The van der Waals surface area contributed by atoms with Crippen molar-refractivity contribution in [2.24, 2.45) is 5.92 Å². The molecule has 2 aromatic rings. The molecule has 1 aromatic heterocycles. The number of hydrogen-bond donors (Lipinski definition) is 1. The molecular weight excluding hydrogens is 276 g/mol. The van der Waals surface area contributed by atoms with E-state index in [4.69, 9.17) is 5.11 Å². The Morgan fingerprint density at radius 1 is 1.27 bits per heavy atom. The van der Waals surface area contributed by atoms with Crippen LogP contribution in [-0.4, -0.2) is 20.6 Å². The van der Waals surface area contributed by atoms with Crippen LogP contribution in [0.5, 0.6) is 0 Å². The first kappa shape index (κ1) is 14.8. The SMILES string of the molecule is CC(C)(C)c1ccc(-c2cn3c(n2)CC(C(=O)O)CC3)cc1. The van der Waals surface area contributed by atoms with E-state index in [0.29, 0.717) is 12.8 Å². The summed E-state index contributed by atoms with van der Waals surface area (Å²) in [6.45, 7) is 7.33. The third-order valence-electron chi connectivity index (χ3n) is 4.40. The lowest BCUT2D eigenvalue weighted by atomic mass is 9.86. The molecule has 4 nitrogen and oxygen atoms in total.